The average Bonchev–Trinajstić information content (AvgIpc) is 3.98. The Balaban J connectivity index is 1.47. The molecule has 0 spiro atoms. The number of benzene rings is 2. The van der Waals surface area contributed by atoms with Gasteiger partial charge in [0, 0.05) is 54.6 Å². The van der Waals surface area contributed by atoms with Crippen molar-refractivity contribution in [3.8, 4) is 44.8 Å². The number of H-pyrrole nitrogens is 2. The van der Waals surface area contributed by atoms with E-state index in [-0.39, 0.29) is 0 Å². The van der Waals surface area contributed by atoms with Crippen molar-refractivity contribution in [1.29, 1.82) is 0 Å². The number of rotatable bonds is 4. The highest BCUT2D eigenvalue weighted by molar-refractivity contribution is 9.10. The third kappa shape index (κ3) is 5.52. The van der Waals surface area contributed by atoms with Crippen molar-refractivity contribution in [2.75, 3.05) is 0 Å². The molecule has 5 aromatic heterocycles. The molecule has 0 unspecified atom stereocenters. The zero-order chi connectivity index (χ0) is 33.6. The van der Waals surface area contributed by atoms with Gasteiger partial charge in [-0.05, 0) is 108 Å². The Morgan fingerprint density at radius 3 is 1.10 bits per heavy atom. The highest BCUT2D eigenvalue weighted by atomic mass is 79.9. The summed E-state index contributed by atoms with van der Waals surface area (Å²) in [6.07, 6.45) is 12.0. The number of fused-ring (bicyclic) bond motifs is 8. The Kier molecular flexibility index (Phi) is 7.67. The van der Waals surface area contributed by atoms with Crippen LogP contribution in [0.3, 0.4) is 0 Å². The fourth-order valence-electron chi connectivity index (χ4n) is 6.61. The number of hydrogen-bond donors (Lipinski definition) is 2. The van der Waals surface area contributed by atoms with E-state index < -0.39 is 0 Å². The van der Waals surface area contributed by atoms with Gasteiger partial charge in [0.1, 0.15) is 0 Å². The van der Waals surface area contributed by atoms with Gasteiger partial charge < -0.3 is 9.97 Å². The van der Waals surface area contributed by atoms with Crippen molar-refractivity contribution >= 4 is 78.2 Å². The van der Waals surface area contributed by atoms with Gasteiger partial charge in [0.15, 0.2) is 0 Å². The molecule has 7 aromatic rings. The van der Waals surface area contributed by atoms with Crippen LogP contribution in [-0.2, 0) is 0 Å². The molecule has 0 aliphatic carbocycles. The molecule has 2 aromatic carbocycles. The zero-order valence-electron chi connectivity index (χ0n) is 26.4. The molecule has 0 saturated carbocycles. The second-order valence-corrected chi connectivity index (χ2v) is 13.8. The summed E-state index contributed by atoms with van der Waals surface area (Å²) in [7, 11) is 0. The van der Waals surface area contributed by atoms with Crippen LogP contribution in [0, 0.1) is 0 Å². The highest BCUT2D eigenvalue weighted by Crippen LogP contribution is 2.38. The van der Waals surface area contributed by atoms with Crippen molar-refractivity contribution in [2.45, 2.75) is 0 Å². The van der Waals surface area contributed by atoms with Crippen LogP contribution in [0.1, 0.15) is 22.8 Å². The van der Waals surface area contributed by atoms with Crippen LogP contribution in [-0.4, -0.2) is 29.9 Å². The Morgan fingerprint density at radius 2 is 0.740 bits per heavy atom. The molecular formula is C42H26Br2N6. The topological polar surface area (TPSA) is 83.1 Å². The van der Waals surface area contributed by atoms with Crippen molar-refractivity contribution in [3.63, 3.8) is 0 Å². The van der Waals surface area contributed by atoms with E-state index in [0.29, 0.717) is 0 Å². The van der Waals surface area contributed by atoms with Crippen molar-refractivity contribution in [1.82, 2.24) is 29.9 Å². The quantitative estimate of drug-likeness (QED) is 0.187. The molecule has 0 amide bonds. The van der Waals surface area contributed by atoms with Gasteiger partial charge in [-0.3, -0.25) is 9.97 Å². The molecule has 8 bridgehead atoms. The van der Waals surface area contributed by atoms with Crippen LogP contribution < -0.4 is 0 Å². The van der Waals surface area contributed by atoms with Gasteiger partial charge in [0.25, 0.3) is 0 Å². The first kappa shape index (κ1) is 30.4. The van der Waals surface area contributed by atoms with E-state index in [1.54, 1.807) is 0 Å². The number of pyridine rings is 2. The summed E-state index contributed by atoms with van der Waals surface area (Å²) in [6, 6.07) is 37.1. The van der Waals surface area contributed by atoms with Crippen molar-refractivity contribution in [3.05, 3.63) is 153 Å². The molecule has 238 valence electrons. The molecule has 0 radical (unpaired) electrons. The number of hydrogen-bond acceptors (Lipinski definition) is 4. The summed E-state index contributed by atoms with van der Waals surface area (Å²) >= 11 is 7.23. The molecule has 9 rings (SSSR count). The van der Waals surface area contributed by atoms with Gasteiger partial charge in [-0.2, -0.15) is 0 Å². The minimum Gasteiger partial charge on any atom is -0.354 e. The number of nitrogens with zero attached hydrogens (tertiary/aromatic N) is 4. The van der Waals surface area contributed by atoms with Crippen LogP contribution >= 0.6 is 31.9 Å². The largest absolute Gasteiger partial charge is 0.354 e. The minimum absolute atomic E-state index is 0.820. The number of nitrogens with one attached hydrogen (secondary N) is 2. The lowest BCUT2D eigenvalue weighted by molar-refractivity contribution is 1.27. The molecule has 0 saturated heterocycles. The van der Waals surface area contributed by atoms with E-state index in [9.17, 15) is 0 Å². The maximum atomic E-state index is 5.31. The molecule has 0 atom stereocenters. The second kappa shape index (κ2) is 12.6. The fraction of sp³-hybridized carbons (Fsp3) is 0. The molecule has 6 nitrogen and oxygen atoms in total. The Hall–Kier alpha value is -5.70. The van der Waals surface area contributed by atoms with Crippen molar-refractivity contribution in [2.24, 2.45) is 0 Å². The van der Waals surface area contributed by atoms with Gasteiger partial charge in [0.05, 0.1) is 45.2 Å². The molecule has 2 aliphatic rings. The predicted octanol–water partition coefficient (Wildman–Crippen LogP) is 11.6. The molecular weight excluding hydrogens is 748 g/mol. The van der Waals surface area contributed by atoms with Crippen LogP contribution in [0.2, 0.25) is 0 Å². The lowest BCUT2D eigenvalue weighted by atomic mass is 10.0. The predicted molar refractivity (Wildman–Crippen MR) is 212 cm³/mol. The standard InChI is InChI=1S/C42H26Br2N6/c43-27-11-7-25(8-12-27)39-31-15-19-35(47-31)41(29-5-1-3-23-45-29)36-20-16-32(48-36)40(26-9-13-28(44)14-10-26)34-18-22-38(50-34)42(30-6-2-4-24-46-30)37-21-17-33(39)49-37/h1-24,47,50H. The van der Waals surface area contributed by atoms with Gasteiger partial charge in [0.2, 0.25) is 0 Å². The summed E-state index contributed by atoms with van der Waals surface area (Å²) < 4.78 is 2.02. The van der Waals surface area contributed by atoms with E-state index >= 15 is 0 Å². The molecule has 0 fully saturated rings. The normalized spacial score (nSPS) is 12.0. The third-order valence-corrected chi connectivity index (χ3v) is 9.92. The number of aromatic amines is 2. The zero-order valence-corrected chi connectivity index (χ0v) is 29.6. The molecule has 8 heteroatoms. The molecule has 7 heterocycles. The second-order valence-electron chi connectivity index (χ2n) is 11.9. The van der Waals surface area contributed by atoms with E-state index in [2.05, 4.69) is 139 Å². The summed E-state index contributed by atoms with van der Waals surface area (Å²) in [5.41, 5.74) is 14.5. The van der Waals surface area contributed by atoms with E-state index in [4.69, 9.17) is 19.9 Å². The first-order valence-electron chi connectivity index (χ1n) is 16.1. The monoisotopic (exact) mass is 772 g/mol. The van der Waals surface area contributed by atoms with Gasteiger partial charge in [-0.15, -0.1) is 0 Å². The smallest absolute Gasteiger partial charge is 0.0753 e. The summed E-state index contributed by atoms with van der Waals surface area (Å²) in [5.74, 6) is 0. The van der Waals surface area contributed by atoms with Crippen molar-refractivity contribution < 1.29 is 0 Å². The van der Waals surface area contributed by atoms with Crippen LogP contribution in [0.25, 0.3) is 91.1 Å². The first-order valence-corrected chi connectivity index (χ1v) is 17.7. The van der Waals surface area contributed by atoms with E-state index in [1.807, 2.05) is 48.8 Å². The van der Waals surface area contributed by atoms with Gasteiger partial charge in [-0.25, -0.2) is 9.97 Å². The van der Waals surface area contributed by atoms with Crippen LogP contribution in [0.4, 0.5) is 0 Å². The van der Waals surface area contributed by atoms with Gasteiger partial charge >= 0.3 is 0 Å². The maximum absolute atomic E-state index is 5.31. The Bertz CT molecular complexity index is 2450. The first-order chi connectivity index (χ1) is 24.6. The lowest BCUT2D eigenvalue weighted by Crippen LogP contribution is -1.91. The summed E-state index contributed by atoms with van der Waals surface area (Å²) in [6.45, 7) is 0. The number of halogens is 2. The fourth-order valence-corrected chi connectivity index (χ4v) is 7.13. The molecule has 2 aliphatic heterocycles. The Morgan fingerprint density at radius 1 is 0.380 bits per heavy atom. The highest BCUT2D eigenvalue weighted by Gasteiger charge is 2.19. The summed E-state index contributed by atoms with van der Waals surface area (Å²) in [4.78, 5) is 27.7. The van der Waals surface area contributed by atoms with E-state index in [1.165, 1.54) is 0 Å². The average molecular weight is 775 g/mol. The van der Waals surface area contributed by atoms with Crippen LogP contribution in [0.5, 0.6) is 0 Å². The molecule has 2 N–H and O–H groups in total. The number of aromatic nitrogens is 6. The Labute approximate surface area is 304 Å². The lowest BCUT2D eigenvalue weighted by Gasteiger charge is -2.06. The maximum Gasteiger partial charge on any atom is 0.0753 e. The minimum atomic E-state index is 0.820. The van der Waals surface area contributed by atoms with Crippen LogP contribution in [0.15, 0.2) is 131 Å². The van der Waals surface area contributed by atoms with E-state index in [0.717, 1.165) is 98.6 Å². The van der Waals surface area contributed by atoms with Gasteiger partial charge in [-0.1, -0.05) is 68.3 Å². The summed E-state index contributed by atoms with van der Waals surface area (Å²) in [5, 5.41) is 0. The SMILES string of the molecule is Brc1ccc(-c2c3nc(c(-c4ccccn4)c4ccc([nH]4)c(-c4ccc(Br)cc4)c4nc(c(-c5ccccn5)c5ccc2[nH]5)C=C4)C=C3)cc1. The molecule has 50 heavy (non-hydrogen) atoms. The third-order valence-electron chi connectivity index (χ3n) is 8.86.